The Hall–Kier alpha value is -0.735. The highest BCUT2D eigenvalue weighted by Crippen LogP contribution is 2.19. The van der Waals surface area contributed by atoms with E-state index in [0.717, 1.165) is 5.46 Å². The van der Waals surface area contributed by atoms with Crippen molar-refractivity contribution in [2.24, 2.45) is 0 Å². The van der Waals surface area contributed by atoms with Gasteiger partial charge in [0, 0.05) is 13.3 Å². The molecular weight excluding hydrogens is 188 g/mol. The van der Waals surface area contributed by atoms with E-state index in [1.54, 1.807) is 13.3 Å². The number of hydrogen-bond donors (Lipinski definition) is 0. The molecule has 0 amide bonds. The Morgan fingerprint density at radius 1 is 1.62 bits per heavy atom. The molecule has 0 atom stereocenters. The summed E-state index contributed by atoms with van der Waals surface area (Å²) in [4.78, 5) is 3.96. The molecule has 0 aromatic carbocycles. The van der Waals surface area contributed by atoms with Crippen LogP contribution in [0.5, 0.6) is 5.75 Å². The highest BCUT2D eigenvalue weighted by Gasteiger charge is 2.03. The quantitative estimate of drug-likeness (QED) is 0.412. The van der Waals surface area contributed by atoms with Gasteiger partial charge in [0.25, 0.3) is 0 Å². The first-order chi connectivity index (χ1) is 6.27. The predicted molar refractivity (Wildman–Crippen MR) is 53.0 cm³/mol. The molecule has 0 aliphatic carbocycles. The molecule has 1 heterocycles. The van der Waals surface area contributed by atoms with Crippen LogP contribution in [0.15, 0.2) is 12.3 Å². The number of methoxy groups -OCH3 is 1. The Morgan fingerprint density at radius 3 is 3.00 bits per heavy atom. The van der Waals surface area contributed by atoms with E-state index in [1.807, 2.05) is 20.2 Å². The molecule has 3 nitrogen and oxygen atoms in total. The minimum atomic E-state index is 0.175. The van der Waals surface area contributed by atoms with E-state index < -0.39 is 0 Å². The Balaban J connectivity index is 2.78. The SMILES string of the molecule is C[B]c1cnc(Cl)c(OCOC)c1. The number of hydrogen-bond acceptors (Lipinski definition) is 3. The Morgan fingerprint density at radius 2 is 2.38 bits per heavy atom. The van der Waals surface area contributed by atoms with Gasteiger partial charge in [-0.1, -0.05) is 23.9 Å². The van der Waals surface area contributed by atoms with Crippen molar-refractivity contribution in [1.82, 2.24) is 4.98 Å². The molecule has 0 aliphatic rings. The second kappa shape index (κ2) is 5.09. The fourth-order valence-electron chi connectivity index (χ4n) is 0.825. The molecule has 0 aliphatic heterocycles. The van der Waals surface area contributed by atoms with Crippen LogP contribution in [-0.4, -0.2) is 26.2 Å². The Kier molecular flexibility index (Phi) is 4.05. The topological polar surface area (TPSA) is 31.4 Å². The van der Waals surface area contributed by atoms with Crippen molar-refractivity contribution < 1.29 is 9.47 Å². The fraction of sp³-hybridized carbons (Fsp3) is 0.375. The first kappa shape index (κ1) is 10.3. The third-order valence-corrected chi connectivity index (χ3v) is 1.78. The van der Waals surface area contributed by atoms with E-state index in [1.165, 1.54) is 0 Å². The number of aromatic nitrogens is 1. The lowest BCUT2D eigenvalue weighted by molar-refractivity contribution is 0.0510. The molecule has 0 saturated carbocycles. The van der Waals surface area contributed by atoms with Crippen molar-refractivity contribution in [3.05, 3.63) is 17.4 Å². The summed E-state index contributed by atoms with van der Waals surface area (Å²) in [5.41, 5.74) is 0.968. The smallest absolute Gasteiger partial charge is 0.188 e. The van der Waals surface area contributed by atoms with E-state index in [0.29, 0.717) is 10.9 Å². The van der Waals surface area contributed by atoms with E-state index in [9.17, 15) is 0 Å². The molecule has 1 radical (unpaired) electrons. The van der Waals surface area contributed by atoms with Gasteiger partial charge in [0.15, 0.2) is 25.0 Å². The summed E-state index contributed by atoms with van der Waals surface area (Å²) < 4.78 is 9.95. The maximum absolute atomic E-state index is 5.78. The minimum Gasteiger partial charge on any atom is -0.464 e. The number of nitrogens with zero attached hydrogens (tertiary/aromatic N) is 1. The van der Waals surface area contributed by atoms with Crippen LogP contribution in [0.4, 0.5) is 0 Å². The van der Waals surface area contributed by atoms with Crippen LogP contribution in [0.25, 0.3) is 0 Å². The summed E-state index contributed by atoms with van der Waals surface area (Å²) in [5.74, 6) is 0.541. The first-order valence-corrected chi connectivity index (χ1v) is 4.22. The minimum absolute atomic E-state index is 0.175. The van der Waals surface area contributed by atoms with Crippen LogP contribution in [0.3, 0.4) is 0 Å². The highest BCUT2D eigenvalue weighted by atomic mass is 35.5. The maximum atomic E-state index is 5.78. The molecular formula is C8H10BClNO2. The molecule has 0 spiro atoms. The number of rotatable bonds is 4. The van der Waals surface area contributed by atoms with E-state index in [-0.39, 0.29) is 6.79 Å². The lowest BCUT2D eigenvalue weighted by atomic mass is 9.74. The van der Waals surface area contributed by atoms with Crippen LogP contribution in [0, 0.1) is 0 Å². The molecule has 13 heavy (non-hydrogen) atoms. The van der Waals surface area contributed by atoms with Gasteiger partial charge in [-0.25, -0.2) is 4.98 Å². The summed E-state index contributed by atoms with van der Waals surface area (Å²) >= 11 is 5.78. The second-order valence-corrected chi connectivity index (χ2v) is 2.76. The summed E-state index contributed by atoms with van der Waals surface area (Å²) in [6.07, 6.45) is 1.68. The average Bonchev–Trinajstić information content (AvgIpc) is 2.17. The van der Waals surface area contributed by atoms with E-state index >= 15 is 0 Å². The zero-order chi connectivity index (χ0) is 9.68. The van der Waals surface area contributed by atoms with Gasteiger partial charge >= 0.3 is 0 Å². The van der Waals surface area contributed by atoms with Gasteiger partial charge in [0.1, 0.15) is 0 Å². The Bertz CT molecular complexity index is 283. The van der Waals surface area contributed by atoms with Crippen molar-refractivity contribution in [2.75, 3.05) is 13.9 Å². The monoisotopic (exact) mass is 198 g/mol. The van der Waals surface area contributed by atoms with Crippen LogP contribution < -0.4 is 10.2 Å². The van der Waals surface area contributed by atoms with Gasteiger partial charge in [0.05, 0.1) is 0 Å². The summed E-state index contributed by atoms with van der Waals surface area (Å²) in [6, 6.07) is 1.81. The van der Waals surface area contributed by atoms with Gasteiger partial charge in [-0.3, -0.25) is 0 Å². The van der Waals surface area contributed by atoms with Crippen LogP contribution in [0.2, 0.25) is 12.0 Å². The van der Waals surface area contributed by atoms with Gasteiger partial charge in [-0.15, -0.1) is 0 Å². The third kappa shape index (κ3) is 2.90. The van der Waals surface area contributed by atoms with Crippen molar-refractivity contribution in [1.29, 1.82) is 0 Å². The van der Waals surface area contributed by atoms with Gasteiger partial charge in [0.2, 0.25) is 0 Å². The van der Waals surface area contributed by atoms with E-state index in [2.05, 4.69) is 4.98 Å². The number of halogens is 1. The molecule has 0 saturated heterocycles. The first-order valence-electron chi connectivity index (χ1n) is 3.84. The predicted octanol–water partition coefficient (Wildman–Crippen LogP) is 1.10. The van der Waals surface area contributed by atoms with Crippen molar-refractivity contribution in [3.63, 3.8) is 0 Å². The van der Waals surface area contributed by atoms with Gasteiger partial charge in [-0.05, 0) is 6.07 Å². The molecule has 0 unspecified atom stereocenters. The van der Waals surface area contributed by atoms with Crippen molar-refractivity contribution in [2.45, 2.75) is 6.82 Å². The molecule has 0 N–H and O–H groups in total. The van der Waals surface area contributed by atoms with E-state index in [4.69, 9.17) is 21.1 Å². The molecule has 5 heteroatoms. The third-order valence-electron chi connectivity index (χ3n) is 1.49. The summed E-state index contributed by atoms with van der Waals surface area (Å²) in [7, 11) is 3.47. The molecule has 1 aromatic rings. The van der Waals surface area contributed by atoms with Crippen molar-refractivity contribution >= 4 is 24.3 Å². The fourth-order valence-corrected chi connectivity index (χ4v) is 0.982. The summed E-state index contributed by atoms with van der Waals surface area (Å²) in [5, 5.41) is 0.350. The van der Waals surface area contributed by atoms with Crippen LogP contribution >= 0.6 is 11.6 Å². The number of ether oxygens (including phenoxy) is 2. The standard InChI is InChI=1S/C8H10BClNO2/c1-9-6-3-7(13-5-12-2)8(10)11-4-6/h3-4H,5H2,1-2H3. The molecule has 1 aromatic heterocycles. The molecule has 69 valence electrons. The normalized spacial score (nSPS) is 9.77. The average molecular weight is 198 g/mol. The highest BCUT2D eigenvalue weighted by molar-refractivity contribution is 6.52. The Labute approximate surface area is 83.3 Å². The zero-order valence-electron chi connectivity index (χ0n) is 7.58. The van der Waals surface area contributed by atoms with Crippen LogP contribution in [-0.2, 0) is 4.74 Å². The number of pyridine rings is 1. The van der Waals surface area contributed by atoms with Crippen LogP contribution in [0.1, 0.15) is 0 Å². The van der Waals surface area contributed by atoms with Gasteiger partial charge in [-0.2, -0.15) is 0 Å². The summed E-state index contributed by atoms with van der Waals surface area (Å²) in [6.45, 7) is 2.10. The van der Waals surface area contributed by atoms with Crippen molar-refractivity contribution in [3.8, 4) is 5.75 Å². The molecule has 1 rings (SSSR count). The molecule has 0 bridgehead atoms. The molecule has 0 fully saturated rings. The lowest BCUT2D eigenvalue weighted by Crippen LogP contribution is -2.12. The van der Waals surface area contributed by atoms with Gasteiger partial charge < -0.3 is 9.47 Å². The maximum Gasteiger partial charge on any atom is 0.188 e. The second-order valence-electron chi connectivity index (χ2n) is 2.40. The largest absolute Gasteiger partial charge is 0.464 e. The zero-order valence-corrected chi connectivity index (χ0v) is 8.34. The lowest BCUT2D eigenvalue weighted by Gasteiger charge is -2.06.